The highest BCUT2D eigenvalue weighted by Crippen LogP contribution is 2.14. The van der Waals surface area contributed by atoms with Gasteiger partial charge < -0.3 is 0 Å². The average molecular weight is 375 g/mol. The molecule has 0 unspecified atom stereocenters. The first-order valence-corrected chi connectivity index (χ1v) is 7.78. The summed E-state index contributed by atoms with van der Waals surface area (Å²) >= 11 is 5.72. The van der Waals surface area contributed by atoms with Gasteiger partial charge >= 0.3 is 0 Å². The van der Waals surface area contributed by atoms with Crippen molar-refractivity contribution in [1.82, 2.24) is 31.1 Å². The lowest BCUT2D eigenvalue weighted by Crippen LogP contribution is -2.43. The predicted molar refractivity (Wildman–Crippen MR) is 90.3 cm³/mol. The third-order valence-corrected chi connectivity index (χ3v) is 3.49. The topological polar surface area (TPSA) is 102 Å². The minimum Gasteiger partial charge on any atom is -0.271 e. The summed E-state index contributed by atoms with van der Waals surface area (Å²) in [6.07, 6.45) is 0. The molecule has 0 bridgehead atoms. The van der Waals surface area contributed by atoms with Gasteiger partial charge in [-0.15, -0.1) is 10.2 Å². The standard InChI is InChI=1S/C16H12ClFN6O2/c17-11-6-7-13(18)12(8-11)16(26)21-19-14(25)9-24-22-15(20-23-24)10-4-2-1-3-5-10/h1-8H,9H2,(H,19,25)(H,21,26). The van der Waals surface area contributed by atoms with Crippen LogP contribution in [0.2, 0.25) is 5.02 Å². The number of halogens is 2. The van der Waals surface area contributed by atoms with E-state index in [1.807, 2.05) is 18.2 Å². The number of hydrazine groups is 1. The van der Waals surface area contributed by atoms with E-state index in [1.54, 1.807) is 12.1 Å². The molecule has 0 aliphatic carbocycles. The van der Waals surface area contributed by atoms with Crippen molar-refractivity contribution in [3.63, 3.8) is 0 Å². The van der Waals surface area contributed by atoms with E-state index in [0.29, 0.717) is 5.82 Å². The largest absolute Gasteiger partial charge is 0.272 e. The monoisotopic (exact) mass is 374 g/mol. The third kappa shape index (κ3) is 4.19. The van der Waals surface area contributed by atoms with Gasteiger partial charge in [-0.1, -0.05) is 41.9 Å². The quantitative estimate of drug-likeness (QED) is 0.675. The Morgan fingerprint density at radius 3 is 2.65 bits per heavy atom. The Hall–Kier alpha value is -3.33. The van der Waals surface area contributed by atoms with Crippen LogP contribution in [0.1, 0.15) is 10.4 Å². The Morgan fingerprint density at radius 1 is 1.12 bits per heavy atom. The fourth-order valence-corrected chi connectivity index (χ4v) is 2.22. The number of tetrazole rings is 1. The van der Waals surface area contributed by atoms with Crippen molar-refractivity contribution in [3.05, 3.63) is 64.9 Å². The summed E-state index contributed by atoms with van der Waals surface area (Å²) in [5.74, 6) is -1.84. The van der Waals surface area contributed by atoms with Crippen molar-refractivity contribution in [2.45, 2.75) is 6.54 Å². The lowest BCUT2D eigenvalue weighted by Gasteiger charge is -2.07. The molecule has 26 heavy (non-hydrogen) atoms. The second kappa shape index (κ2) is 7.70. The molecule has 0 saturated carbocycles. The van der Waals surface area contributed by atoms with Crippen LogP contribution in [-0.4, -0.2) is 32.0 Å². The normalized spacial score (nSPS) is 10.4. The molecule has 0 aliphatic rings. The molecular formula is C16H12ClFN6O2. The summed E-state index contributed by atoms with van der Waals surface area (Å²) in [5, 5.41) is 11.9. The molecular weight excluding hydrogens is 363 g/mol. The van der Waals surface area contributed by atoms with E-state index in [0.717, 1.165) is 22.5 Å². The smallest absolute Gasteiger partial charge is 0.271 e. The molecule has 2 aromatic carbocycles. The van der Waals surface area contributed by atoms with E-state index in [2.05, 4.69) is 26.3 Å². The van der Waals surface area contributed by atoms with Gasteiger partial charge in [0.2, 0.25) is 5.82 Å². The number of benzene rings is 2. The summed E-state index contributed by atoms with van der Waals surface area (Å²) in [6, 6.07) is 12.6. The van der Waals surface area contributed by atoms with E-state index >= 15 is 0 Å². The highest BCUT2D eigenvalue weighted by Gasteiger charge is 2.14. The Labute approximate surface area is 151 Å². The molecule has 2 amide bonds. The molecule has 1 heterocycles. The molecule has 0 radical (unpaired) electrons. The number of nitrogens with one attached hydrogen (secondary N) is 2. The van der Waals surface area contributed by atoms with E-state index in [4.69, 9.17) is 11.6 Å². The van der Waals surface area contributed by atoms with Gasteiger partial charge in [0.1, 0.15) is 12.4 Å². The summed E-state index contributed by atoms with van der Waals surface area (Å²) in [7, 11) is 0. The van der Waals surface area contributed by atoms with Crippen LogP contribution in [0.5, 0.6) is 0 Å². The number of rotatable bonds is 4. The summed E-state index contributed by atoms with van der Waals surface area (Å²) < 4.78 is 13.6. The van der Waals surface area contributed by atoms with Crippen LogP contribution in [0.15, 0.2) is 48.5 Å². The maximum atomic E-state index is 13.6. The molecule has 132 valence electrons. The molecule has 0 aliphatic heterocycles. The highest BCUT2D eigenvalue weighted by molar-refractivity contribution is 6.31. The zero-order chi connectivity index (χ0) is 18.5. The highest BCUT2D eigenvalue weighted by atomic mass is 35.5. The molecule has 0 saturated heterocycles. The SMILES string of the molecule is O=C(Cn1nnc(-c2ccccc2)n1)NNC(=O)c1cc(Cl)ccc1F. The third-order valence-electron chi connectivity index (χ3n) is 3.26. The van der Waals surface area contributed by atoms with Crippen LogP contribution in [0, 0.1) is 5.82 Å². The maximum Gasteiger partial charge on any atom is 0.272 e. The van der Waals surface area contributed by atoms with Gasteiger partial charge in [-0.05, 0) is 23.4 Å². The molecule has 2 N–H and O–H groups in total. The number of aromatic nitrogens is 4. The molecule has 0 atom stereocenters. The zero-order valence-corrected chi connectivity index (χ0v) is 13.9. The van der Waals surface area contributed by atoms with Crippen LogP contribution in [0.4, 0.5) is 4.39 Å². The molecule has 10 heteroatoms. The van der Waals surface area contributed by atoms with Gasteiger partial charge in [-0.3, -0.25) is 20.4 Å². The van der Waals surface area contributed by atoms with Gasteiger partial charge in [0.15, 0.2) is 0 Å². The number of hydrogen-bond donors (Lipinski definition) is 2. The van der Waals surface area contributed by atoms with Crippen LogP contribution >= 0.6 is 11.6 Å². The fourth-order valence-electron chi connectivity index (χ4n) is 2.05. The zero-order valence-electron chi connectivity index (χ0n) is 13.2. The molecule has 0 spiro atoms. The molecule has 3 rings (SSSR count). The molecule has 0 fully saturated rings. The van der Waals surface area contributed by atoms with Gasteiger partial charge in [-0.2, -0.15) is 4.80 Å². The number of hydrogen-bond acceptors (Lipinski definition) is 5. The minimum atomic E-state index is -0.838. The van der Waals surface area contributed by atoms with E-state index in [1.165, 1.54) is 6.07 Å². The van der Waals surface area contributed by atoms with Crippen molar-refractivity contribution in [1.29, 1.82) is 0 Å². The van der Waals surface area contributed by atoms with Crippen LogP contribution in [0.25, 0.3) is 11.4 Å². The summed E-state index contributed by atoms with van der Waals surface area (Å²) in [5.41, 5.74) is 4.71. The first-order chi connectivity index (χ1) is 12.5. The fraction of sp³-hybridized carbons (Fsp3) is 0.0625. The Bertz CT molecular complexity index is 947. The van der Waals surface area contributed by atoms with E-state index in [9.17, 15) is 14.0 Å². The van der Waals surface area contributed by atoms with Crippen molar-refractivity contribution >= 4 is 23.4 Å². The maximum absolute atomic E-state index is 13.6. The average Bonchev–Trinajstić information content (AvgIpc) is 3.11. The molecule has 8 nitrogen and oxygen atoms in total. The second-order valence-corrected chi connectivity index (χ2v) is 5.57. The predicted octanol–water partition coefficient (Wildman–Crippen LogP) is 1.59. The number of carbonyl (C=O) groups is 2. The number of amides is 2. The van der Waals surface area contributed by atoms with Crippen LogP contribution < -0.4 is 10.9 Å². The van der Waals surface area contributed by atoms with Crippen LogP contribution in [0.3, 0.4) is 0 Å². The second-order valence-electron chi connectivity index (χ2n) is 5.14. The summed E-state index contributed by atoms with van der Waals surface area (Å²) in [4.78, 5) is 24.8. The summed E-state index contributed by atoms with van der Waals surface area (Å²) in [6.45, 7) is -0.280. The van der Waals surface area contributed by atoms with Crippen molar-refractivity contribution in [2.75, 3.05) is 0 Å². The van der Waals surface area contributed by atoms with E-state index < -0.39 is 17.6 Å². The van der Waals surface area contributed by atoms with Gasteiger partial charge in [0, 0.05) is 10.6 Å². The molecule has 1 aromatic heterocycles. The van der Waals surface area contributed by atoms with Crippen molar-refractivity contribution in [2.24, 2.45) is 0 Å². The Balaban J connectivity index is 1.57. The van der Waals surface area contributed by atoms with E-state index in [-0.39, 0.29) is 17.1 Å². The van der Waals surface area contributed by atoms with Crippen molar-refractivity contribution in [3.8, 4) is 11.4 Å². The lowest BCUT2D eigenvalue weighted by atomic mass is 10.2. The van der Waals surface area contributed by atoms with Gasteiger partial charge in [0.05, 0.1) is 5.56 Å². The number of carbonyl (C=O) groups excluding carboxylic acids is 2. The first-order valence-electron chi connectivity index (χ1n) is 7.40. The van der Waals surface area contributed by atoms with Gasteiger partial charge in [0.25, 0.3) is 11.8 Å². The van der Waals surface area contributed by atoms with Crippen molar-refractivity contribution < 1.29 is 14.0 Å². The Kier molecular flexibility index (Phi) is 5.18. The Morgan fingerprint density at radius 2 is 1.88 bits per heavy atom. The molecule has 3 aromatic rings. The first kappa shape index (κ1) is 17.5. The number of nitrogens with zero attached hydrogens (tertiary/aromatic N) is 4. The minimum absolute atomic E-state index is 0.197. The van der Waals surface area contributed by atoms with Crippen LogP contribution in [-0.2, 0) is 11.3 Å². The van der Waals surface area contributed by atoms with Gasteiger partial charge in [-0.25, -0.2) is 4.39 Å². The lowest BCUT2D eigenvalue weighted by molar-refractivity contribution is -0.122.